The van der Waals surface area contributed by atoms with E-state index in [9.17, 15) is 0 Å². The summed E-state index contributed by atoms with van der Waals surface area (Å²) in [5.41, 5.74) is 1.68. The Hall–Kier alpha value is -0.300. The first-order valence-electron chi connectivity index (χ1n) is 7.63. The first kappa shape index (κ1) is 16.7. The van der Waals surface area contributed by atoms with Crippen molar-refractivity contribution in [2.75, 3.05) is 6.61 Å². The number of rotatable bonds is 12. The lowest BCUT2D eigenvalue weighted by Crippen LogP contribution is -1.85. The SMILES string of the molecule is CCCC(=CCCCCCCCCO)CCC. The first-order valence-corrected chi connectivity index (χ1v) is 7.63. The van der Waals surface area contributed by atoms with Gasteiger partial charge in [0.2, 0.25) is 0 Å². The van der Waals surface area contributed by atoms with Crippen LogP contribution >= 0.6 is 0 Å². The van der Waals surface area contributed by atoms with Crippen molar-refractivity contribution < 1.29 is 5.11 Å². The van der Waals surface area contributed by atoms with E-state index in [0.29, 0.717) is 6.61 Å². The predicted molar refractivity (Wildman–Crippen MR) is 77.3 cm³/mol. The lowest BCUT2D eigenvalue weighted by molar-refractivity contribution is 0.282. The maximum absolute atomic E-state index is 8.66. The first-order chi connectivity index (χ1) is 8.35. The fraction of sp³-hybridized carbons (Fsp3) is 0.875. The van der Waals surface area contributed by atoms with Crippen LogP contribution in [0.2, 0.25) is 0 Å². The number of aliphatic hydroxyl groups excluding tert-OH is 1. The highest BCUT2D eigenvalue weighted by molar-refractivity contribution is 5.01. The van der Waals surface area contributed by atoms with E-state index < -0.39 is 0 Å². The number of unbranched alkanes of at least 4 members (excludes halogenated alkanes) is 6. The van der Waals surface area contributed by atoms with Gasteiger partial charge in [0.1, 0.15) is 0 Å². The van der Waals surface area contributed by atoms with Crippen LogP contribution in [0.25, 0.3) is 0 Å². The Kier molecular flexibility index (Phi) is 13.5. The van der Waals surface area contributed by atoms with E-state index >= 15 is 0 Å². The molecule has 0 radical (unpaired) electrons. The molecule has 0 rings (SSSR count). The van der Waals surface area contributed by atoms with Crippen LogP contribution in [-0.2, 0) is 0 Å². The number of hydrogen-bond acceptors (Lipinski definition) is 1. The van der Waals surface area contributed by atoms with E-state index in [4.69, 9.17) is 5.11 Å². The highest BCUT2D eigenvalue weighted by Gasteiger charge is 1.95. The van der Waals surface area contributed by atoms with E-state index in [1.807, 2.05) is 0 Å². The zero-order chi connectivity index (χ0) is 12.8. The Morgan fingerprint density at radius 3 is 1.88 bits per heavy atom. The molecule has 0 bridgehead atoms. The molecule has 0 fully saturated rings. The van der Waals surface area contributed by atoms with E-state index in [0.717, 1.165) is 6.42 Å². The van der Waals surface area contributed by atoms with Crippen molar-refractivity contribution in [3.63, 3.8) is 0 Å². The van der Waals surface area contributed by atoms with Crippen molar-refractivity contribution in [2.45, 2.75) is 84.5 Å². The summed E-state index contributed by atoms with van der Waals surface area (Å²) in [6.45, 7) is 4.90. The molecule has 102 valence electrons. The van der Waals surface area contributed by atoms with Crippen LogP contribution in [0.5, 0.6) is 0 Å². The lowest BCUT2D eigenvalue weighted by Gasteiger charge is -2.04. The molecule has 0 heterocycles. The normalized spacial score (nSPS) is 10.5. The molecule has 0 unspecified atom stereocenters. The highest BCUT2D eigenvalue weighted by Crippen LogP contribution is 2.15. The van der Waals surface area contributed by atoms with Gasteiger partial charge >= 0.3 is 0 Å². The third-order valence-electron chi connectivity index (χ3n) is 3.19. The molecule has 0 aliphatic rings. The van der Waals surface area contributed by atoms with Gasteiger partial charge in [-0.2, -0.15) is 0 Å². The average Bonchev–Trinajstić information content (AvgIpc) is 2.33. The highest BCUT2D eigenvalue weighted by atomic mass is 16.2. The second-order valence-electron chi connectivity index (χ2n) is 5.00. The quantitative estimate of drug-likeness (QED) is 0.365. The summed E-state index contributed by atoms with van der Waals surface area (Å²) in [7, 11) is 0. The molecule has 0 atom stereocenters. The van der Waals surface area contributed by atoms with Crippen LogP contribution in [0.4, 0.5) is 0 Å². The van der Waals surface area contributed by atoms with Crippen molar-refractivity contribution in [3.8, 4) is 0 Å². The van der Waals surface area contributed by atoms with Gasteiger partial charge in [-0.3, -0.25) is 0 Å². The van der Waals surface area contributed by atoms with Gasteiger partial charge in [0.15, 0.2) is 0 Å². The van der Waals surface area contributed by atoms with E-state index in [1.54, 1.807) is 5.57 Å². The fourth-order valence-electron chi connectivity index (χ4n) is 2.24. The van der Waals surface area contributed by atoms with Gasteiger partial charge in [0.05, 0.1) is 0 Å². The van der Waals surface area contributed by atoms with Crippen LogP contribution in [0, 0.1) is 0 Å². The van der Waals surface area contributed by atoms with Crippen LogP contribution in [0.15, 0.2) is 11.6 Å². The standard InChI is InChI=1S/C16H32O/c1-3-12-16(13-4-2)14-10-8-6-5-7-9-11-15-17/h14,17H,3-13,15H2,1-2H3. The summed E-state index contributed by atoms with van der Waals surface area (Å²) in [5, 5.41) is 8.66. The zero-order valence-corrected chi connectivity index (χ0v) is 12.0. The van der Waals surface area contributed by atoms with Crippen molar-refractivity contribution in [3.05, 3.63) is 11.6 Å². The molecule has 0 aromatic heterocycles. The van der Waals surface area contributed by atoms with Crippen LogP contribution in [0.3, 0.4) is 0 Å². The van der Waals surface area contributed by atoms with Crippen LogP contribution in [0.1, 0.15) is 84.5 Å². The molecular formula is C16H32O. The van der Waals surface area contributed by atoms with Gasteiger partial charge < -0.3 is 5.11 Å². The molecule has 0 aliphatic carbocycles. The lowest BCUT2D eigenvalue weighted by atomic mass is 10.0. The van der Waals surface area contributed by atoms with Gasteiger partial charge in [0.25, 0.3) is 0 Å². The second kappa shape index (κ2) is 13.8. The molecule has 17 heavy (non-hydrogen) atoms. The number of allylic oxidation sites excluding steroid dienone is 2. The Bertz CT molecular complexity index is 164. The van der Waals surface area contributed by atoms with Crippen molar-refractivity contribution in [1.29, 1.82) is 0 Å². The third-order valence-corrected chi connectivity index (χ3v) is 3.19. The minimum absolute atomic E-state index is 0.361. The molecule has 0 saturated carbocycles. The van der Waals surface area contributed by atoms with E-state index in [-0.39, 0.29) is 0 Å². The molecule has 0 saturated heterocycles. The van der Waals surface area contributed by atoms with Crippen LogP contribution < -0.4 is 0 Å². The smallest absolute Gasteiger partial charge is 0.0431 e. The van der Waals surface area contributed by atoms with Gasteiger partial charge in [-0.05, 0) is 32.1 Å². The molecule has 0 aliphatic heterocycles. The van der Waals surface area contributed by atoms with Crippen LogP contribution in [-0.4, -0.2) is 11.7 Å². The van der Waals surface area contributed by atoms with Crippen molar-refractivity contribution in [1.82, 2.24) is 0 Å². The summed E-state index contributed by atoms with van der Waals surface area (Å²) < 4.78 is 0. The minimum Gasteiger partial charge on any atom is -0.396 e. The van der Waals surface area contributed by atoms with E-state index in [1.165, 1.54) is 64.2 Å². The Morgan fingerprint density at radius 1 is 0.824 bits per heavy atom. The van der Waals surface area contributed by atoms with Crippen molar-refractivity contribution >= 4 is 0 Å². The zero-order valence-electron chi connectivity index (χ0n) is 12.0. The van der Waals surface area contributed by atoms with Gasteiger partial charge in [-0.1, -0.05) is 64.0 Å². The molecular weight excluding hydrogens is 208 g/mol. The fourth-order valence-corrected chi connectivity index (χ4v) is 2.24. The Morgan fingerprint density at radius 2 is 1.35 bits per heavy atom. The summed E-state index contributed by atoms with van der Waals surface area (Å²) in [4.78, 5) is 0. The molecule has 0 aromatic carbocycles. The van der Waals surface area contributed by atoms with E-state index in [2.05, 4.69) is 19.9 Å². The van der Waals surface area contributed by atoms with Gasteiger partial charge in [-0.15, -0.1) is 0 Å². The third kappa shape index (κ3) is 12.0. The Labute approximate surface area is 108 Å². The predicted octanol–water partition coefficient (Wildman–Crippen LogP) is 5.24. The number of hydrogen-bond donors (Lipinski definition) is 1. The molecule has 0 aromatic rings. The average molecular weight is 240 g/mol. The summed E-state index contributed by atoms with van der Waals surface area (Å²) in [6.07, 6.45) is 16.4. The molecule has 1 heteroatoms. The molecule has 1 nitrogen and oxygen atoms in total. The largest absolute Gasteiger partial charge is 0.396 e. The molecule has 1 N–H and O–H groups in total. The maximum Gasteiger partial charge on any atom is 0.0431 e. The summed E-state index contributed by atoms with van der Waals surface area (Å²) >= 11 is 0. The summed E-state index contributed by atoms with van der Waals surface area (Å²) in [5.74, 6) is 0. The van der Waals surface area contributed by atoms with Gasteiger partial charge in [-0.25, -0.2) is 0 Å². The topological polar surface area (TPSA) is 20.2 Å². The molecule has 0 amide bonds. The van der Waals surface area contributed by atoms with Crippen molar-refractivity contribution in [2.24, 2.45) is 0 Å². The molecule has 0 spiro atoms. The summed E-state index contributed by atoms with van der Waals surface area (Å²) in [6, 6.07) is 0. The maximum atomic E-state index is 8.66. The second-order valence-corrected chi connectivity index (χ2v) is 5.00. The number of aliphatic hydroxyl groups is 1. The monoisotopic (exact) mass is 240 g/mol. The Balaban J connectivity index is 3.41. The van der Waals surface area contributed by atoms with Gasteiger partial charge in [0, 0.05) is 6.61 Å². The minimum atomic E-state index is 0.361.